The number of imidazole rings is 2. The van der Waals surface area contributed by atoms with Gasteiger partial charge in [0.15, 0.2) is 5.82 Å². The first kappa shape index (κ1) is 24.5. The summed E-state index contributed by atoms with van der Waals surface area (Å²) < 4.78 is 1.98. The van der Waals surface area contributed by atoms with Gasteiger partial charge in [0.25, 0.3) is 11.8 Å². The number of aromatic amines is 1. The molecule has 0 saturated carbocycles. The van der Waals surface area contributed by atoms with E-state index in [1.165, 1.54) is 0 Å². The molecule has 6 aromatic rings. The fraction of sp³-hybridized carbons (Fsp3) is 0.182. The van der Waals surface area contributed by atoms with Crippen molar-refractivity contribution in [1.82, 2.24) is 34.1 Å². The molecule has 206 valence electrons. The Morgan fingerprint density at radius 3 is 2.29 bits per heavy atom. The third-order valence-corrected chi connectivity index (χ3v) is 8.43. The van der Waals surface area contributed by atoms with Crippen LogP contribution in [0, 0.1) is 11.8 Å². The molecule has 2 saturated heterocycles. The summed E-state index contributed by atoms with van der Waals surface area (Å²) in [6, 6.07) is 26.9. The molecule has 2 aromatic carbocycles. The van der Waals surface area contributed by atoms with Gasteiger partial charge in [-0.2, -0.15) is 0 Å². The highest BCUT2D eigenvalue weighted by atomic mass is 16.2. The number of fused-ring (bicyclic) bond motifs is 3. The molecule has 42 heavy (non-hydrogen) atoms. The molecule has 2 amide bonds. The Morgan fingerprint density at radius 1 is 0.714 bits per heavy atom. The van der Waals surface area contributed by atoms with Gasteiger partial charge in [0.05, 0.1) is 16.7 Å². The summed E-state index contributed by atoms with van der Waals surface area (Å²) >= 11 is 0. The molecule has 1 N–H and O–H groups in total. The molecule has 4 aromatic heterocycles. The van der Waals surface area contributed by atoms with E-state index in [1.807, 2.05) is 105 Å². The fourth-order valence-electron chi connectivity index (χ4n) is 6.31. The van der Waals surface area contributed by atoms with Gasteiger partial charge in [0.2, 0.25) is 0 Å². The first-order valence-corrected chi connectivity index (χ1v) is 14.1. The minimum Gasteiger partial charge on any atom is -0.338 e. The van der Waals surface area contributed by atoms with Crippen molar-refractivity contribution < 1.29 is 9.59 Å². The Kier molecular flexibility index (Phi) is 5.63. The molecular formula is C33H27N7O2. The number of aromatic nitrogens is 5. The topological polar surface area (TPSA) is 99.5 Å². The molecule has 9 nitrogen and oxygen atoms in total. The molecule has 0 radical (unpaired) electrons. The van der Waals surface area contributed by atoms with Gasteiger partial charge in [-0.3, -0.25) is 9.59 Å². The fourth-order valence-corrected chi connectivity index (χ4v) is 6.31. The molecule has 2 unspecified atom stereocenters. The van der Waals surface area contributed by atoms with Crippen molar-refractivity contribution in [2.45, 2.75) is 0 Å². The minimum atomic E-state index is -0.0830. The number of carbonyl (C=O) groups is 2. The standard InChI is InChI=1S/C33H27N7O2/c41-32(22-8-5-7-21(15-22)29-20-38-14-4-3-13-30(38)35-29)39-16-23-18-40(19-24(23)17-39)33(42)28-12-6-11-27(34-28)31-36-25-9-1-2-10-26(25)37-31/h1-15,20,23-24H,16-19H2,(H,36,37). The van der Waals surface area contributed by atoms with Crippen LogP contribution in [0.4, 0.5) is 0 Å². The van der Waals surface area contributed by atoms with E-state index in [2.05, 4.69) is 15.0 Å². The summed E-state index contributed by atoms with van der Waals surface area (Å²) in [6.45, 7) is 2.51. The number of amides is 2. The summed E-state index contributed by atoms with van der Waals surface area (Å²) in [6.07, 6.45) is 3.94. The number of pyridine rings is 2. The number of nitrogens with one attached hydrogen (secondary N) is 1. The second-order valence-corrected chi connectivity index (χ2v) is 11.1. The van der Waals surface area contributed by atoms with Crippen LogP contribution in [0.2, 0.25) is 0 Å². The summed E-state index contributed by atoms with van der Waals surface area (Å²) in [5, 5.41) is 0. The van der Waals surface area contributed by atoms with Gasteiger partial charge in [-0.1, -0.05) is 36.4 Å². The molecule has 0 spiro atoms. The van der Waals surface area contributed by atoms with Gasteiger partial charge >= 0.3 is 0 Å². The molecule has 6 heterocycles. The van der Waals surface area contributed by atoms with Crippen molar-refractivity contribution in [3.05, 3.63) is 109 Å². The van der Waals surface area contributed by atoms with E-state index in [0.717, 1.165) is 27.9 Å². The molecule has 2 aliphatic heterocycles. The van der Waals surface area contributed by atoms with Gasteiger partial charge < -0.3 is 19.2 Å². The highest BCUT2D eigenvalue weighted by Gasteiger charge is 2.43. The zero-order chi connectivity index (χ0) is 28.2. The largest absolute Gasteiger partial charge is 0.338 e. The predicted molar refractivity (Wildman–Crippen MR) is 159 cm³/mol. The Labute approximate surface area is 241 Å². The van der Waals surface area contributed by atoms with E-state index < -0.39 is 0 Å². The zero-order valence-corrected chi connectivity index (χ0v) is 22.7. The monoisotopic (exact) mass is 553 g/mol. The zero-order valence-electron chi connectivity index (χ0n) is 22.7. The van der Waals surface area contributed by atoms with Crippen LogP contribution in [0.3, 0.4) is 0 Å². The smallest absolute Gasteiger partial charge is 0.272 e. The van der Waals surface area contributed by atoms with Gasteiger partial charge in [-0.05, 0) is 48.5 Å². The van der Waals surface area contributed by atoms with Crippen LogP contribution in [-0.4, -0.2) is 72.1 Å². The highest BCUT2D eigenvalue weighted by Crippen LogP contribution is 2.33. The van der Waals surface area contributed by atoms with Crippen molar-refractivity contribution >= 4 is 28.5 Å². The molecule has 2 fully saturated rings. The Balaban J connectivity index is 0.947. The second kappa shape index (κ2) is 9.66. The van der Waals surface area contributed by atoms with Crippen molar-refractivity contribution in [1.29, 1.82) is 0 Å². The molecule has 2 aliphatic rings. The number of rotatable bonds is 4. The number of likely N-dealkylation sites (tertiary alicyclic amines) is 2. The van der Waals surface area contributed by atoms with E-state index in [1.54, 1.807) is 6.07 Å². The minimum absolute atomic E-state index is 0.0214. The third-order valence-electron chi connectivity index (χ3n) is 8.43. The SMILES string of the molecule is O=C(c1cccc(-c2cn3ccccc3n2)c1)N1CC2CN(C(=O)c3cccc(-c4nc5ccccc5[nH]4)n3)CC2C1. The lowest BCUT2D eigenvalue weighted by molar-refractivity contribution is 0.0735. The quantitative estimate of drug-likeness (QED) is 0.339. The number of benzene rings is 2. The van der Waals surface area contributed by atoms with Crippen molar-refractivity contribution in [3.8, 4) is 22.8 Å². The lowest BCUT2D eigenvalue weighted by atomic mass is 10.0. The van der Waals surface area contributed by atoms with Crippen molar-refractivity contribution in [2.24, 2.45) is 11.8 Å². The Hall–Kier alpha value is -5.31. The van der Waals surface area contributed by atoms with E-state index in [4.69, 9.17) is 4.98 Å². The Morgan fingerprint density at radius 2 is 1.48 bits per heavy atom. The van der Waals surface area contributed by atoms with Gasteiger partial charge in [-0.25, -0.2) is 15.0 Å². The maximum atomic E-state index is 13.5. The molecule has 0 bridgehead atoms. The van der Waals surface area contributed by atoms with Crippen LogP contribution in [0.15, 0.2) is 97.3 Å². The Bertz CT molecular complexity index is 1770. The van der Waals surface area contributed by atoms with Crippen molar-refractivity contribution in [3.63, 3.8) is 0 Å². The summed E-state index contributed by atoms with van der Waals surface area (Å²) in [7, 11) is 0. The lowest BCUT2D eigenvalue weighted by Crippen LogP contribution is -2.36. The molecule has 8 rings (SSSR count). The van der Waals surface area contributed by atoms with Crippen LogP contribution in [-0.2, 0) is 0 Å². The van der Waals surface area contributed by atoms with E-state index >= 15 is 0 Å². The molecular weight excluding hydrogens is 526 g/mol. The average Bonchev–Trinajstić information content (AvgIpc) is 3.82. The number of hydrogen-bond acceptors (Lipinski definition) is 5. The first-order chi connectivity index (χ1) is 20.6. The van der Waals surface area contributed by atoms with Gasteiger partial charge in [-0.15, -0.1) is 0 Å². The number of para-hydroxylation sites is 2. The maximum absolute atomic E-state index is 13.5. The van der Waals surface area contributed by atoms with Crippen LogP contribution in [0.1, 0.15) is 20.8 Å². The first-order valence-electron chi connectivity index (χ1n) is 14.1. The maximum Gasteiger partial charge on any atom is 0.272 e. The van der Waals surface area contributed by atoms with E-state index in [0.29, 0.717) is 49.0 Å². The second-order valence-electron chi connectivity index (χ2n) is 11.1. The number of hydrogen-bond donors (Lipinski definition) is 1. The van der Waals surface area contributed by atoms with Crippen molar-refractivity contribution in [2.75, 3.05) is 26.2 Å². The average molecular weight is 554 g/mol. The lowest BCUT2D eigenvalue weighted by Gasteiger charge is -2.22. The number of carbonyl (C=O) groups excluding carboxylic acids is 2. The third kappa shape index (κ3) is 4.21. The summed E-state index contributed by atoms with van der Waals surface area (Å²) in [5.74, 6) is 1.08. The van der Waals surface area contributed by atoms with Crippen LogP contribution >= 0.6 is 0 Å². The van der Waals surface area contributed by atoms with E-state index in [-0.39, 0.29) is 23.7 Å². The van der Waals surface area contributed by atoms with Gasteiger partial charge in [0, 0.05) is 61.5 Å². The predicted octanol–water partition coefficient (Wildman–Crippen LogP) is 4.78. The van der Waals surface area contributed by atoms with Crippen LogP contribution in [0.25, 0.3) is 39.5 Å². The van der Waals surface area contributed by atoms with Crippen LogP contribution in [0.5, 0.6) is 0 Å². The summed E-state index contributed by atoms with van der Waals surface area (Å²) in [4.78, 5) is 48.0. The molecule has 2 atom stereocenters. The molecule has 9 heteroatoms. The summed E-state index contributed by atoms with van der Waals surface area (Å²) in [5.41, 5.74) is 6.11. The normalized spacial score (nSPS) is 18.2. The van der Waals surface area contributed by atoms with E-state index in [9.17, 15) is 9.59 Å². The molecule has 0 aliphatic carbocycles. The highest BCUT2D eigenvalue weighted by molar-refractivity contribution is 5.96. The number of H-pyrrole nitrogens is 1. The van der Waals surface area contributed by atoms with Gasteiger partial charge in [0.1, 0.15) is 17.0 Å². The number of nitrogens with zero attached hydrogens (tertiary/aromatic N) is 6. The van der Waals surface area contributed by atoms with Crippen LogP contribution < -0.4 is 0 Å².